The number of carbonyl (C=O) groups is 2. The first-order valence-electron chi connectivity index (χ1n) is 11.9. The van der Waals surface area contributed by atoms with Crippen molar-refractivity contribution < 1.29 is 22.8 Å². The number of nitrogens with one attached hydrogen (secondary N) is 1. The van der Waals surface area contributed by atoms with Crippen molar-refractivity contribution in [3.8, 4) is 10.6 Å². The maximum Gasteiger partial charge on any atom is 0.416 e. The van der Waals surface area contributed by atoms with Gasteiger partial charge in [0.1, 0.15) is 5.01 Å². The number of benzene rings is 2. The highest BCUT2D eigenvalue weighted by Crippen LogP contribution is 2.31. The number of rotatable bonds is 7. The van der Waals surface area contributed by atoms with Crippen LogP contribution in [-0.2, 0) is 11.0 Å². The summed E-state index contributed by atoms with van der Waals surface area (Å²) in [5.74, 6) is -0.822. The summed E-state index contributed by atoms with van der Waals surface area (Å²) in [7, 11) is 0. The van der Waals surface area contributed by atoms with Crippen LogP contribution in [0.4, 0.5) is 18.3 Å². The Balaban J connectivity index is 1.43. The third-order valence-electron chi connectivity index (χ3n) is 6.26. The van der Waals surface area contributed by atoms with Crippen molar-refractivity contribution in [2.24, 2.45) is 0 Å². The number of aromatic nitrogens is 2. The molecule has 190 valence electrons. The Labute approximate surface area is 211 Å². The first-order chi connectivity index (χ1) is 17.2. The van der Waals surface area contributed by atoms with Crippen LogP contribution in [0.1, 0.15) is 60.0 Å². The fourth-order valence-electron chi connectivity index (χ4n) is 4.33. The van der Waals surface area contributed by atoms with Gasteiger partial charge in [-0.25, -0.2) is 0 Å². The fourth-order valence-corrected chi connectivity index (χ4v) is 5.09. The SMILES string of the molecule is Cc1ccc(-c2nnc(NC(=O)CCN(C(=O)c3cccc(C(F)(F)F)c3)C3CCCCC3)s2)cc1. The highest BCUT2D eigenvalue weighted by atomic mass is 32.1. The molecule has 1 aliphatic rings. The molecule has 0 radical (unpaired) electrons. The molecule has 4 rings (SSSR count). The molecule has 1 saturated carbocycles. The lowest BCUT2D eigenvalue weighted by molar-refractivity contribution is -0.137. The number of amides is 2. The Hall–Kier alpha value is -3.27. The van der Waals surface area contributed by atoms with Gasteiger partial charge in [-0.15, -0.1) is 10.2 Å². The standard InChI is InChI=1S/C26H27F3N4O2S/c1-17-10-12-18(13-11-17)23-31-32-25(36-23)30-22(34)14-15-33(21-8-3-2-4-9-21)24(35)19-6-5-7-20(16-19)26(27,28)29/h5-7,10-13,16,21H,2-4,8-9,14-15H2,1H3,(H,30,32,34). The molecular formula is C26H27F3N4O2S. The van der Waals surface area contributed by atoms with Gasteiger partial charge >= 0.3 is 6.18 Å². The number of nitrogens with zero attached hydrogens (tertiary/aromatic N) is 3. The average Bonchev–Trinajstić information content (AvgIpc) is 3.33. The van der Waals surface area contributed by atoms with E-state index in [-0.39, 0.29) is 30.5 Å². The number of hydrogen-bond acceptors (Lipinski definition) is 5. The molecule has 0 atom stereocenters. The lowest BCUT2D eigenvalue weighted by Crippen LogP contribution is -2.43. The summed E-state index contributed by atoms with van der Waals surface area (Å²) in [5.41, 5.74) is 1.13. The van der Waals surface area contributed by atoms with Gasteiger partial charge in [-0.3, -0.25) is 9.59 Å². The molecule has 1 aromatic heterocycles. The zero-order chi connectivity index (χ0) is 25.7. The van der Waals surface area contributed by atoms with Crippen LogP contribution in [0, 0.1) is 6.92 Å². The normalized spacial score (nSPS) is 14.4. The molecule has 0 aliphatic heterocycles. The van der Waals surface area contributed by atoms with Gasteiger partial charge in [0.2, 0.25) is 11.0 Å². The number of anilines is 1. The largest absolute Gasteiger partial charge is 0.416 e. The van der Waals surface area contributed by atoms with E-state index in [4.69, 9.17) is 0 Å². The molecule has 6 nitrogen and oxygen atoms in total. The Kier molecular flexibility index (Phi) is 8.03. The molecule has 1 fully saturated rings. The van der Waals surface area contributed by atoms with Crippen LogP contribution in [0.5, 0.6) is 0 Å². The second kappa shape index (κ2) is 11.2. The van der Waals surface area contributed by atoms with Gasteiger partial charge in [-0.05, 0) is 38.0 Å². The molecule has 1 aliphatic carbocycles. The zero-order valence-corrected chi connectivity index (χ0v) is 20.7. The van der Waals surface area contributed by atoms with Crippen LogP contribution in [0.15, 0.2) is 48.5 Å². The summed E-state index contributed by atoms with van der Waals surface area (Å²) in [6.07, 6.45) is -0.0640. The Morgan fingerprint density at radius 3 is 2.47 bits per heavy atom. The molecule has 10 heteroatoms. The van der Waals surface area contributed by atoms with Crippen molar-refractivity contribution in [3.63, 3.8) is 0 Å². The van der Waals surface area contributed by atoms with Crippen molar-refractivity contribution in [3.05, 3.63) is 65.2 Å². The molecule has 0 unspecified atom stereocenters. The van der Waals surface area contributed by atoms with E-state index in [9.17, 15) is 22.8 Å². The number of carbonyl (C=O) groups excluding carboxylic acids is 2. The molecule has 1 N–H and O–H groups in total. The molecule has 0 saturated heterocycles. The second-order valence-corrected chi connectivity index (χ2v) is 9.92. The molecule has 2 aromatic carbocycles. The molecule has 3 aromatic rings. The predicted molar refractivity (Wildman–Crippen MR) is 133 cm³/mol. The minimum Gasteiger partial charge on any atom is -0.335 e. The number of aryl methyl sites for hydroxylation is 1. The summed E-state index contributed by atoms with van der Waals surface area (Å²) in [5, 5.41) is 11.9. The van der Waals surface area contributed by atoms with E-state index in [1.807, 2.05) is 31.2 Å². The van der Waals surface area contributed by atoms with Crippen LogP contribution in [0.2, 0.25) is 0 Å². The number of halogens is 3. The minimum atomic E-state index is -4.54. The van der Waals surface area contributed by atoms with Crippen LogP contribution in [0.25, 0.3) is 10.6 Å². The highest BCUT2D eigenvalue weighted by Gasteiger charge is 2.32. The maximum atomic E-state index is 13.3. The number of hydrogen-bond donors (Lipinski definition) is 1. The Bertz CT molecular complexity index is 1200. The van der Waals surface area contributed by atoms with E-state index in [0.717, 1.165) is 55.4 Å². The van der Waals surface area contributed by atoms with Crippen molar-refractivity contribution in [2.75, 3.05) is 11.9 Å². The third-order valence-corrected chi connectivity index (χ3v) is 7.15. The fraction of sp³-hybridized carbons (Fsp3) is 0.385. The second-order valence-electron chi connectivity index (χ2n) is 8.95. The van der Waals surface area contributed by atoms with Crippen molar-refractivity contribution in [1.29, 1.82) is 0 Å². The van der Waals surface area contributed by atoms with Crippen molar-refractivity contribution in [2.45, 2.75) is 57.7 Å². The van der Waals surface area contributed by atoms with Crippen molar-refractivity contribution >= 4 is 28.3 Å². The van der Waals surface area contributed by atoms with Crippen LogP contribution >= 0.6 is 11.3 Å². The average molecular weight is 517 g/mol. The molecular weight excluding hydrogens is 489 g/mol. The van der Waals surface area contributed by atoms with Crippen molar-refractivity contribution in [1.82, 2.24) is 15.1 Å². The quantitative estimate of drug-likeness (QED) is 0.398. The van der Waals surface area contributed by atoms with Gasteiger partial charge in [0, 0.05) is 30.1 Å². The first-order valence-corrected chi connectivity index (χ1v) is 12.7. The van der Waals surface area contributed by atoms with E-state index < -0.39 is 17.6 Å². The Morgan fingerprint density at radius 2 is 1.78 bits per heavy atom. The minimum absolute atomic E-state index is 0.000641. The van der Waals surface area contributed by atoms with Crippen LogP contribution in [0.3, 0.4) is 0 Å². The van der Waals surface area contributed by atoms with E-state index >= 15 is 0 Å². The number of alkyl halides is 3. The summed E-state index contributed by atoms with van der Waals surface area (Å²) < 4.78 is 39.6. The highest BCUT2D eigenvalue weighted by molar-refractivity contribution is 7.18. The summed E-state index contributed by atoms with van der Waals surface area (Å²) in [6, 6.07) is 12.2. The van der Waals surface area contributed by atoms with Crippen LogP contribution in [-0.4, -0.2) is 39.5 Å². The van der Waals surface area contributed by atoms with E-state index in [0.29, 0.717) is 10.1 Å². The third kappa shape index (κ3) is 6.48. The monoisotopic (exact) mass is 516 g/mol. The molecule has 36 heavy (non-hydrogen) atoms. The zero-order valence-electron chi connectivity index (χ0n) is 19.8. The van der Waals surface area contributed by atoms with E-state index in [2.05, 4.69) is 15.5 Å². The molecule has 2 amide bonds. The van der Waals surface area contributed by atoms with Gasteiger partial charge in [0.05, 0.1) is 5.56 Å². The molecule has 0 spiro atoms. The molecule has 0 bridgehead atoms. The lowest BCUT2D eigenvalue weighted by Gasteiger charge is -2.34. The van der Waals surface area contributed by atoms with Gasteiger partial charge in [-0.1, -0.05) is 66.5 Å². The van der Waals surface area contributed by atoms with E-state index in [1.165, 1.54) is 23.5 Å². The first kappa shape index (κ1) is 25.8. The summed E-state index contributed by atoms with van der Waals surface area (Å²) in [6.45, 7) is 2.10. The van der Waals surface area contributed by atoms with E-state index in [1.54, 1.807) is 4.90 Å². The maximum absolute atomic E-state index is 13.3. The van der Waals surface area contributed by atoms with Gasteiger partial charge in [0.25, 0.3) is 5.91 Å². The summed E-state index contributed by atoms with van der Waals surface area (Å²) >= 11 is 1.25. The molecule has 1 heterocycles. The predicted octanol–water partition coefficient (Wildman–Crippen LogP) is 6.34. The Morgan fingerprint density at radius 1 is 1.06 bits per heavy atom. The van der Waals surface area contributed by atoms with Gasteiger partial charge in [-0.2, -0.15) is 13.2 Å². The summed E-state index contributed by atoms with van der Waals surface area (Å²) in [4.78, 5) is 27.5. The van der Waals surface area contributed by atoms with Crippen LogP contribution < -0.4 is 5.32 Å². The topological polar surface area (TPSA) is 75.2 Å². The smallest absolute Gasteiger partial charge is 0.335 e. The lowest BCUT2D eigenvalue weighted by atomic mass is 9.93. The van der Waals surface area contributed by atoms with Gasteiger partial charge < -0.3 is 10.2 Å². The van der Waals surface area contributed by atoms with Gasteiger partial charge in [0.15, 0.2) is 0 Å².